The van der Waals surface area contributed by atoms with E-state index < -0.39 is 0 Å². The van der Waals surface area contributed by atoms with E-state index in [0.717, 1.165) is 43.1 Å². The fourth-order valence-electron chi connectivity index (χ4n) is 2.96. The third-order valence-corrected chi connectivity index (χ3v) is 4.53. The number of aryl methyl sites for hydroxylation is 1. The van der Waals surface area contributed by atoms with Gasteiger partial charge in [-0.1, -0.05) is 12.1 Å². The molecule has 0 spiro atoms. The molecule has 28 heavy (non-hydrogen) atoms. The Labute approximate surface area is 162 Å². The molecule has 8 nitrogen and oxygen atoms in total. The van der Waals surface area contributed by atoms with E-state index in [1.54, 1.807) is 37.7 Å². The van der Waals surface area contributed by atoms with Gasteiger partial charge < -0.3 is 9.64 Å². The Kier molecular flexibility index (Phi) is 5.20. The van der Waals surface area contributed by atoms with Crippen LogP contribution < -0.4 is 10.5 Å². The molecular formula is C20H20N6O2. The zero-order valence-corrected chi connectivity index (χ0v) is 15.5. The molecule has 142 valence electrons. The van der Waals surface area contributed by atoms with Crippen molar-refractivity contribution in [3.8, 4) is 11.4 Å². The molecule has 0 atom stereocenters. The maximum atomic E-state index is 12.6. The van der Waals surface area contributed by atoms with E-state index in [0.29, 0.717) is 5.82 Å². The molecule has 1 saturated heterocycles. The molecule has 0 amide bonds. The zero-order valence-electron chi connectivity index (χ0n) is 15.5. The number of rotatable bonds is 4. The second-order valence-electron chi connectivity index (χ2n) is 6.40. The summed E-state index contributed by atoms with van der Waals surface area (Å²) in [6.07, 6.45) is 4.93. The lowest BCUT2D eigenvalue weighted by Gasteiger charge is -2.28. The molecule has 8 heteroatoms. The van der Waals surface area contributed by atoms with Crippen LogP contribution in [-0.2, 0) is 4.74 Å². The van der Waals surface area contributed by atoms with Crippen molar-refractivity contribution in [2.45, 2.75) is 6.92 Å². The van der Waals surface area contributed by atoms with Gasteiger partial charge in [0.25, 0.3) is 5.56 Å². The lowest BCUT2D eigenvalue weighted by molar-refractivity contribution is 0.122. The summed E-state index contributed by atoms with van der Waals surface area (Å²) in [4.78, 5) is 18.8. The Morgan fingerprint density at radius 2 is 1.75 bits per heavy atom. The van der Waals surface area contributed by atoms with Crippen molar-refractivity contribution in [3.63, 3.8) is 0 Å². The van der Waals surface area contributed by atoms with E-state index in [9.17, 15) is 4.79 Å². The summed E-state index contributed by atoms with van der Waals surface area (Å²) < 4.78 is 6.66. The third kappa shape index (κ3) is 3.81. The van der Waals surface area contributed by atoms with Crippen LogP contribution in [0.5, 0.6) is 0 Å². The molecule has 0 unspecified atom stereocenters. The summed E-state index contributed by atoms with van der Waals surface area (Å²) >= 11 is 0. The third-order valence-electron chi connectivity index (χ3n) is 4.53. The van der Waals surface area contributed by atoms with Gasteiger partial charge in [-0.3, -0.25) is 9.78 Å². The molecule has 1 aliphatic rings. The molecule has 0 saturated carbocycles. The van der Waals surface area contributed by atoms with Crippen molar-refractivity contribution in [3.05, 3.63) is 70.4 Å². The van der Waals surface area contributed by atoms with Crippen LogP contribution in [-0.4, -0.2) is 52.4 Å². The lowest BCUT2D eigenvalue weighted by atomic mass is 10.2. The number of ether oxygens (including phenoxy) is 1. The Balaban J connectivity index is 1.62. The second kappa shape index (κ2) is 8.10. The summed E-state index contributed by atoms with van der Waals surface area (Å²) in [6, 6.07) is 11.6. The Morgan fingerprint density at radius 3 is 2.46 bits per heavy atom. The van der Waals surface area contributed by atoms with Gasteiger partial charge in [-0.25, -0.2) is 0 Å². The normalized spacial score (nSPS) is 14.5. The Hall–Kier alpha value is -3.39. The topological polar surface area (TPSA) is 85.5 Å². The monoisotopic (exact) mass is 376 g/mol. The van der Waals surface area contributed by atoms with Crippen molar-refractivity contribution < 1.29 is 4.74 Å². The predicted octanol–water partition coefficient (Wildman–Crippen LogP) is 1.73. The number of pyridine rings is 1. The van der Waals surface area contributed by atoms with Crippen LogP contribution in [0.3, 0.4) is 0 Å². The first kappa shape index (κ1) is 18.0. The molecule has 0 radical (unpaired) electrons. The predicted molar refractivity (Wildman–Crippen MR) is 107 cm³/mol. The standard InChI is InChI=1S/C20H20N6O2/c1-15-20(27)26(19(24-23-15)17-6-8-21-9-7-17)22-14-16-2-4-18(5-3-16)25-10-12-28-13-11-25/h2-9,14H,10-13H2,1H3/b22-14+. The second-order valence-corrected chi connectivity index (χ2v) is 6.40. The van der Waals surface area contributed by atoms with Gasteiger partial charge in [0.2, 0.25) is 0 Å². The van der Waals surface area contributed by atoms with Crippen molar-refractivity contribution in [2.75, 3.05) is 31.2 Å². The largest absolute Gasteiger partial charge is 0.378 e. The van der Waals surface area contributed by atoms with Crippen LogP contribution in [0.4, 0.5) is 5.69 Å². The van der Waals surface area contributed by atoms with Crippen LogP contribution in [0, 0.1) is 6.92 Å². The molecular weight excluding hydrogens is 356 g/mol. The fraction of sp³-hybridized carbons (Fsp3) is 0.250. The average molecular weight is 376 g/mol. The number of hydrogen-bond donors (Lipinski definition) is 0. The highest BCUT2D eigenvalue weighted by Crippen LogP contribution is 2.16. The highest BCUT2D eigenvalue weighted by Gasteiger charge is 2.12. The summed E-state index contributed by atoms with van der Waals surface area (Å²) in [5.41, 5.74) is 2.75. The number of hydrogen-bond acceptors (Lipinski definition) is 7. The minimum atomic E-state index is -0.303. The van der Waals surface area contributed by atoms with E-state index in [2.05, 4.69) is 37.3 Å². The van der Waals surface area contributed by atoms with Gasteiger partial charge in [0, 0.05) is 36.7 Å². The number of benzene rings is 1. The minimum Gasteiger partial charge on any atom is -0.378 e. The molecule has 2 aromatic heterocycles. The van der Waals surface area contributed by atoms with Crippen LogP contribution in [0.15, 0.2) is 58.7 Å². The molecule has 0 bridgehead atoms. The maximum absolute atomic E-state index is 12.6. The highest BCUT2D eigenvalue weighted by molar-refractivity contribution is 5.80. The van der Waals surface area contributed by atoms with Gasteiger partial charge in [0.1, 0.15) is 5.69 Å². The van der Waals surface area contributed by atoms with Crippen LogP contribution >= 0.6 is 0 Å². The van der Waals surface area contributed by atoms with Gasteiger partial charge in [-0.2, -0.15) is 9.78 Å². The first-order chi connectivity index (χ1) is 13.7. The van der Waals surface area contributed by atoms with Gasteiger partial charge in [0.15, 0.2) is 5.82 Å². The van der Waals surface area contributed by atoms with E-state index in [-0.39, 0.29) is 11.3 Å². The van der Waals surface area contributed by atoms with Crippen molar-refractivity contribution in [1.29, 1.82) is 0 Å². The SMILES string of the molecule is Cc1nnc(-c2ccncc2)n(/N=C/c2ccc(N3CCOCC3)cc2)c1=O. The van der Waals surface area contributed by atoms with Crippen molar-refractivity contribution in [1.82, 2.24) is 19.9 Å². The lowest BCUT2D eigenvalue weighted by Crippen LogP contribution is -2.36. The molecule has 1 fully saturated rings. The van der Waals surface area contributed by atoms with Crippen molar-refractivity contribution in [2.24, 2.45) is 5.10 Å². The quantitative estimate of drug-likeness (QED) is 0.645. The number of aromatic nitrogens is 4. The Bertz CT molecular complexity index is 1020. The summed E-state index contributed by atoms with van der Waals surface area (Å²) in [5, 5.41) is 12.5. The van der Waals surface area contributed by atoms with E-state index in [4.69, 9.17) is 4.74 Å². The Morgan fingerprint density at radius 1 is 1.04 bits per heavy atom. The summed E-state index contributed by atoms with van der Waals surface area (Å²) in [7, 11) is 0. The summed E-state index contributed by atoms with van der Waals surface area (Å²) in [6.45, 7) is 4.89. The molecule has 4 rings (SSSR count). The maximum Gasteiger partial charge on any atom is 0.296 e. The van der Waals surface area contributed by atoms with Gasteiger partial charge >= 0.3 is 0 Å². The first-order valence-corrected chi connectivity index (χ1v) is 9.06. The molecule has 3 aromatic rings. The zero-order chi connectivity index (χ0) is 19.3. The minimum absolute atomic E-state index is 0.289. The van der Waals surface area contributed by atoms with Crippen LogP contribution in [0.2, 0.25) is 0 Å². The van der Waals surface area contributed by atoms with Crippen LogP contribution in [0.1, 0.15) is 11.3 Å². The molecule has 0 N–H and O–H groups in total. The molecule has 1 aromatic carbocycles. The van der Waals surface area contributed by atoms with Gasteiger partial charge in [-0.05, 0) is 36.8 Å². The number of nitrogens with zero attached hydrogens (tertiary/aromatic N) is 6. The average Bonchev–Trinajstić information content (AvgIpc) is 2.76. The molecule has 0 aliphatic carbocycles. The van der Waals surface area contributed by atoms with Crippen LogP contribution in [0.25, 0.3) is 11.4 Å². The smallest absolute Gasteiger partial charge is 0.296 e. The number of anilines is 1. The highest BCUT2D eigenvalue weighted by atomic mass is 16.5. The number of morpholine rings is 1. The molecule has 3 heterocycles. The van der Waals surface area contributed by atoms with E-state index in [1.165, 1.54) is 4.68 Å². The molecule has 1 aliphatic heterocycles. The van der Waals surface area contributed by atoms with E-state index >= 15 is 0 Å². The summed E-state index contributed by atoms with van der Waals surface area (Å²) in [5.74, 6) is 0.374. The fourth-order valence-corrected chi connectivity index (χ4v) is 2.96. The first-order valence-electron chi connectivity index (χ1n) is 9.06. The van der Waals surface area contributed by atoms with E-state index in [1.807, 2.05) is 12.1 Å². The van der Waals surface area contributed by atoms with Gasteiger partial charge in [0.05, 0.1) is 19.4 Å². The van der Waals surface area contributed by atoms with Crippen molar-refractivity contribution >= 4 is 11.9 Å². The van der Waals surface area contributed by atoms with Gasteiger partial charge in [-0.15, -0.1) is 10.2 Å².